The Morgan fingerprint density at radius 1 is 1.42 bits per heavy atom. The molecule has 1 aromatic carbocycles. The second-order valence-electron chi connectivity index (χ2n) is 4.59. The molecule has 1 rings (SSSR count). The molecule has 0 fully saturated rings. The number of aliphatic hydroxyl groups is 1. The summed E-state index contributed by atoms with van der Waals surface area (Å²) in [6, 6.07) is 7.06. The van der Waals surface area contributed by atoms with Gasteiger partial charge in [0.25, 0.3) is 0 Å². The molecule has 0 aliphatic heterocycles. The summed E-state index contributed by atoms with van der Waals surface area (Å²) in [5.41, 5.74) is 6.24. The molecule has 19 heavy (non-hydrogen) atoms. The molecule has 5 heteroatoms. The molecule has 1 atom stereocenters. The fourth-order valence-corrected chi connectivity index (χ4v) is 1.52. The molecule has 0 aliphatic carbocycles. The first-order chi connectivity index (χ1) is 9.11. The van der Waals surface area contributed by atoms with E-state index in [1.54, 1.807) is 24.3 Å². The van der Waals surface area contributed by atoms with Crippen molar-refractivity contribution in [2.45, 2.75) is 19.8 Å². The van der Waals surface area contributed by atoms with Crippen molar-refractivity contribution in [1.82, 2.24) is 5.32 Å². The monoisotopic (exact) mass is 266 g/mol. The van der Waals surface area contributed by atoms with Crippen LogP contribution in [0.5, 0.6) is 5.75 Å². The van der Waals surface area contributed by atoms with Gasteiger partial charge in [0.05, 0.1) is 13.0 Å². The Labute approximate surface area is 113 Å². The van der Waals surface area contributed by atoms with Gasteiger partial charge in [-0.2, -0.15) is 0 Å². The van der Waals surface area contributed by atoms with Gasteiger partial charge in [-0.3, -0.25) is 4.79 Å². The molecule has 0 saturated heterocycles. The lowest BCUT2D eigenvalue weighted by Gasteiger charge is -2.11. The summed E-state index contributed by atoms with van der Waals surface area (Å²) < 4.78 is 5.43. The van der Waals surface area contributed by atoms with Gasteiger partial charge in [-0.25, -0.2) is 0 Å². The number of carbonyl (C=O) groups excluding carboxylic acids is 1. The predicted molar refractivity (Wildman–Crippen MR) is 74.8 cm³/mol. The molecular weight excluding hydrogens is 244 g/mol. The van der Waals surface area contributed by atoms with Gasteiger partial charge in [-0.1, -0.05) is 6.92 Å². The lowest BCUT2D eigenvalue weighted by molar-refractivity contribution is -0.121. The van der Waals surface area contributed by atoms with E-state index in [1.807, 2.05) is 6.92 Å². The summed E-state index contributed by atoms with van der Waals surface area (Å²) in [6.45, 7) is 3.06. The molecule has 0 aliphatic rings. The van der Waals surface area contributed by atoms with Crippen LogP contribution in [-0.4, -0.2) is 30.8 Å². The van der Waals surface area contributed by atoms with Crippen LogP contribution in [0.4, 0.5) is 5.69 Å². The van der Waals surface area contributed by atoms with Crippen molar-refractivity contribution in [3.05, 3.63) is 24.3 Å². The first-order valence-electron chi connectivity index (χ1n) is 6.47. The zero-order valence-corrected chi connectivity index (χ0v) is 11.3. The normalized spacial score (nSPS) is 11.9. The molecular formula is C14H22N2O3. The van der Waals surface area contributed by atoms with Crippen molar-refractivity contribution >= 4 is 11.6 Å². The van der Waals surface area contributed by atoms with E-state index >= 15 is 0 Å². The number of nitrogen functional groups attached to an aromatic ring is 1. The maximum atomic E-state index is 11.5. The highest BCUT2D eigenvalue weighted by atomic mass is 16.5. The highest BCUT2D eigenvalue weighted by Gasteiger charge is 2.05. The average molecular weight is 266 g/mol. The second-order valence-corrected chi connectivity index (χ2v) is 4.59. The number of nitrogens with two attached hydrogens (primary N) is 1. The quantitative estimate of drug-likeness (QED) is 0.617. The van der Waals surface area contributed by atoms with Gasteiger partial charge in [-0.05, 0) is 36.6 Å². The lowest BCUT2D eigenvalue weighted by atomic mass is 10.1. The van der Waals surface area contributed by atoms with E-state index in [1.165, 1.54) is 0 Å². The SMILES string of the molecule is CC(CCO)CNC(=O)CCOc1ccc(N)cc1. The molecule has 1 aromatic rings. The number of hydrogen-bond acceptors (Lipinski definition) is 4. The summed E-state index contributed by atoms with van der Waals surface area (Å²) in [5.74, 6) is 0.947. The number of ether oxygens (including phenoxy) is 1. The first-order valence-corrected chi connectivity index (χ1v) is 6.47. The number of anilines is 1. The Bertz CT molecular complexity index is 379. The summed E-state index contributed by atoms with van der Waals surface area (Å²) in [7, 11) is 0. The van der Waals surface area contributed by atoms with Gasteiger partial charge in [0.15, 0.2) is 0 Å². The number of amides is 1. The van der Waals surface area contributed by atoms with Crippen LogP contribution in [0.25, 0.3) is 0 Å². The van der Waals surface area contributed by atoms with Crippen molar-refractivity contribution in [2.75, 3.05) is 25.5 Å². The first kappa shape index (κ1) is 15.3. The van der Waals surface area contributed by atoms with Gasteiger partial charge < -0.3 is 20.9 Å². The minimum absolute atomic E-state index is 0.0414. The van der Waals surface area contributed by atoms with Crippen molar-refractivity contribution < 1.29 is 14.6 Å². The maximum Gasteiger partial charge on any atom is 0.223 e. The molecule has 0 spiro atoms. The Morgan fingerprint density at radius 3 is 2.74 bits per heavy atom. The molecule has 0 aromatic heterocycles. The van der Waals surface area contributed by atoms with Gasteiger partial charge in [0.1, 0.15) is 5.75 Å². The van der Waals surface area contributed by atoms with Crippen molar-refractivity contribution in [2.24, 2.45) is 5.92 Å². The summed E-state index contributed by atoms with van der Waals surface area (Å²) in [6.07, 6.45) is 1.01. The zero-order chi connectivity index (χ0) is 14.1. The molecule has 106 valence electrons. The maximum absolute atomic E-state index is 11.5. The molecule has 0 bridgehead atoms. The molecule has 4 N–H and O–H groups in total. The van der Waals surface area contributed by atoms with Crippen LogP contribution in [0.1, 0.15) is 19.8 Å². The number of benzene rings is 1. The van der Waals surface area contributed by atoms with E-state index in [0.717, 1.165) is 0 Å². The number of hydrogen-bond donors (Lipinski definition) is 3. The van der Waals surface area contributed by atoms with Crippen molar-refractivity contribution in [3.63, 3.8) is 0 Å². The lowest BCUT2D eigenvalue weighted by Crippen LogP contribution is -2.29. The third-order valence-electron chi connectivity index (χ3n) is 2.75. The van der Waals surface area contributed by atoms with E-state index in [0.29, 0.717) is 37.4 Å². The standard InChI is InChI=1S/C14H22N2O3/c1-11(6-8-17)10-16-14(18)7-9-19-13-4-2-12(15)3-5-13/h2-5,11,17H,6-10,15H2,1H3,(H,16,18). The molecule has 1 unspecified atom stereocenters. The van der Waals surface area contributed by atoms with Crippen LogP contribution < -0.4 is 15.8 Å². The molecule has 5 nitrogen and oxygen atoms in total. The fraction of sp³-hybridized carbons (Fsp3) is 0.500. The van der Waals surface area contributed by atoms with Gasteiger partial charge in [0.2, 0.25) is 5.91 Å². The van der Waals surface area contributed by atoms with Gasteiger partial charge >= 0.3 is 0 Å². The topological polar surface area (TPSA) is 84.6 Å². The minimum Gasteiger partial charge on any atom is -0.493 e. The zero-order valence-electron chi connectivity index (χ0n) is 11.3. The highest BCUT2D eigenvalue weighted by Crippen LogP contribution is 2.13. The van der Waals surface area contributed by atoms with Crippen LogP contribution in [-0.2, 0) is 4.79 Å². The average Bonchev–Trinajstić information content (AvgIpc) is 2.39. The Balaban J connectivity index is 2.15. The smallest absolute Gasteiger partial charge is 0.223 e. The molecule has 0 radical (unpaired) electrons. The predicted octanol–water partition coefficient (Wildman–Crippen LogP) is 1.17. The Morgan fingerprint density at radius 2 is 2.11 bits per heavy atom. The van der Waals surface area contributed by atoms with E-state index < -0.39 is 0 Å². The van der Waals surface area contributed by atoms with Crippen LogP contribution in [0.3, 0.4) is 0 Å². The third-order valence-corrected chi connectivity index (χ3v) is 2.75. The summed E-state index contributed by atoms with van der Waals surface area (Å²) >= 11 is 0. The third kappa shape index (κ3) is 6.67. The number of aliphatic hydroxyl groups excluding tert-OH is 1. The van der Waals surface area contributed by atoms with Gasteiger partial charge in [0, 0.05) is 18.8 Å². The minimum atomic E-state index is -0.0414. The second kappa shape index (κ2) is 8.37. The van der Waals surface area contributed by atoms with Crippen molar-refractivity contribution in [3.8, 4) is 5.75 Å². The van der Waals surface area contributed by atoms with Crippen LogP contribution in [0.2, 0.25) is 0 Å². The van der Waals surface area contributed by atoms with Crippen LogP contribution in [0, 0.1) is 5.92 Å². The molecule has 0 heterocycles. The summed E-state index contributed by atoms with van der Waals surface area (Å²) in [4.78, 5) is 11.5. The number of rotatable bonds is 8. The molecule has 0 saturated carbocycles. The van der Waals surface area contributed by atoms with Crippen LogP contribution in [0.15, 0.2) is 24.3 Å². The largest absolute Gasteiger partial charge is 0.493 e. The van der Waals surface area contributed by atoms with E-state index in [4.69, 9.17) is 15.6 Å². The van der Waals surface area contributed by atoms with Crippen molar-refractivity contribution in [1.29, 1.82) is 0 Å². The number of carbonyl (C=O) groups is 1. The Hall–Kier alpha value is -1.75. The Kier molecular flexibility index (Phi) is 6.74. The van der Waals surface area contributed by atoms with Gasteiger partial charge in [-0.15, -0.1) is 0 Å². The van der Waals surface area contributed by atoms with E-state index in [2.05, 4.69) is 5.32 Å². The van der Waals surface area contributed by atoms with Crippen LogP contribution >= 0.6 is 0 Å². The number of nitrogens with one attached hydrogen (secondary N) is 1. The highest BCUT2D eigenvalue weighted by molar-refractivity contribution is 5.75. The molecule has 1 amide bonds. The summed E-state index contributed by atoms with van der Waals surface area (Å²) in [5, 5.41) is 11.6. The van der Waals surface area contributed by atoms with E-state index in [9.17, 15) is 4.79 Å². The fourth-order valence-electron chi connectivity index (χ4n) is 1.52. The van der Waals surface area contributed by atoms with E-state index in [-0.39, 0.29) is 18.4 Å².